The minimum atomic E-state index is -0.0691. The first-order chi connectivity index (χ1) is 8.04. The summed E-state index contributed by atoms with van der Waals surface area (Å²) in [5, 5.41) is 3.29. The lowest BCUT2D eigenvalue weighted by Crippen LogP contribution is -2.29. The van der Waals surface area contributed by atoms with Gasteiger partial charge in [-0.25, -0.2) is 0 Å². The first kappa shape index (κ1) is 14.0. The summed E-state index contributed by atoms with van der Waals surface area (Å²) in [5.41, 5.74) is 6.88. The molecule has 0 fully saturated rings. The van der Waals surface area contributed by atoms with Crippen molar-refractivity contribution in [1.82, 2.24) is 5.32 Å². The lowest BCUT2D eigenvalue weighted by atomic mass is 10.1. The third kappa shape index (κ3) is 4.36. The number of nitrogens with one attached hydrogen (secondary N) is 1. The van der Waals surface area contributed by atoms with Crippen LogP contribution in [0.15, 0.2) is 24.3 Å². The van der Waals surface area contributed by atoms with Crippen molar-refractivity contribution in [3.63, 3.8) is 0 Å². The fourth-order valence-corrected chi connectivity index (χ4v) is 1.59. The minimum Gasteiger partial charge on any atom is -0.389 e. The molecule has 1 aromatic carbocycles. The van der Waals surface area contributed by atoms with Gasteiger partial charge in [0.15, 0.2) is 0 Å². The van der Waals surface area contributed by atoms with Crippen LogP contribution in [0.25, 0.3) is 0 Å². The summed E-state index contributed by atoms with van der Waals surface area (Å²) in [6.07, 6.45) is 2.02. The van der Waals surface area contributed by atoms with Crippen molar-refractivity contribution < 1.29 is 4.79 Å². The first-order valence-electron chi connectivity index (χ1n) is 5.25. The van der Waals surface area contributed by atoms with E-state index in [9.17, 15) is 4.79 Å². The van der Waals surface area contributed by atoms with E-state index in [4.69, 9.17) is 18.0 Å². The molecule has 1 rings (SSSR count). The van der Waals surface area contributed by atoms with Gasteiger partial charge in [0.1, 0.15) is 4.99 Å². The van der Waals surface area contributed by atoms with E-state index in [1.165, 1.54) is 0 Å². The largest absolute Gasteiger partial charge is 0.389 e. The third-order valence-electron chi connectivity index (χ3n) is 2.38. The van der Waals surface area contributed by atoms with Crippen molar-refractivity contribution >= 4 is 34.9 Å². The molecule has 0 aliphatic heterocycles. The minimum absolute atomic E-state index is 0.0691. The van der Waals surface area contributed by atoms with E-state index in [2.05, 4.69) is 12.2 Å². The third-order valence-corrected chi connectivity index (χ3v) is 3.59. The average Bonchev–Trinajstić information content (AvgIpc) is 2.35. The molecule has 1 atom stereocenters. The Kier molecular flexibility index (Phi) is 5.44. The monoisotopic (exact) mass is 268 g/mol. The van der Waals surface area contributed by atoms with Gasteiger partial charge in [-0.15, -0.1) is 0 Å². The molecule has 0 aliphatic carbocycles. The Balaban J connectivity index is 2.61. The van der Waals surface area contributed by atoms with Gasteiger partial charge in [-0.1, -0.05) is 31.3 Å². The number of nitrogens with two attached hydrogens (primary N) is 1. The molecule has 3 nitrogen and oxygen atoms in total. The van der Waals surface area contributed by atoms with E-state index in [1.807, 2.05) is 6.26 Å². The number of carbonyl (C=O) groups excluding carboxylic acids is 1. The summed E-state index contributed by atoms with van der Waals surface area (Å²) in [6, 6.07) is 6.98. The van der Waals surface area contributed by atoms with Crippen LogP contribution in [0, 0.1) is 0 Å². The number of amides is 1. The molecule has 0 aliphatic rings. The fraction of sp³-hybridized carbons (Fsp3) is 0.333. The molecule has 0 aromatic heterocycles. The highest BCUT2D eigenvalue weighted by molar-refractivity contribution is 7.99. The standard InChI is InChI=1S/C12H16N2OS2/c1-8(17-2)7-14-12(15)10-5-3-9(4-6-10)11(13)16/h3-6,8H,7H2,1-2H3,(H2,13,16)(H,14,15). The predicted molar refractivity (Wildman–Crippen MR) is 77.6 cm³/mol. The lowest BCUT2D eigenvalue weighted by Gasteiger charge is -2.10. The van der Waals surface area contributed by atoms with Gasteiger partial charge in [0.05, 0.1) is 0 Å². The summed E-state index contributed by atoms with van der Waals surface area (Å²) in [4.78, 5) is 12.1. The van der Waals surface area contributed by atoms with Gasteiger partial charge in [-0.3, -0.25) is 4.79 Å². The second-order valence-corrected chi connectivity index (χ2v) is 5.41. The van der Waals surface area contributed by atoms with E-state index in [-0.39, 0.29) is 5.91 Å². The Morgan fingerprint density at radius 1 is 1.41 bits per heavy atom. The molecule has 1 amide bonds. The zero-order valence-electron chi connectivity index (χ0n) is 9.90. The van der Waals surface area contributed by atoms with Gasteiger partial charge in [-0.2, -0.15) is 11.8 Å². The molecule has 1 unspecified atom stereocenters. The average molecular weight is 268 g/mol. The van der Waals surface area contributed by atoms with Crippen molar-refractivity contribution in [3.05, 3.63) is 35.4 Å². The van der Waals surface area contributed by atoms with Crippen molar-refractivity contribution in [2.24, 2.45) is 5.73 Å². The number of hydrogen-bond acceptors (Lipinski definition) is 3. The van der Waals surface area contributed by atoms with E-state index in [1.54, 1.807) is 36.0 Å². The van der Waals surface area contributed by atoms with Gasteiger partial charge in [-0.05, 0) is 18.4 Å². The molecule has 0 bridgehead atoms. The van der Waals surface area contributed by atoms with Gasteiger partial charge < -0.3 is 11.1 Å². The van der Waals surface area contributed by atoms with Crippen LogP contribution >= 0.6 is 24.0 Å². The van der Waals surface area contributed by atoms with Gasteiger partial charge in [0, 0.05) is 22.9 Å². The Labute approximate surface area is 111 Å². The molecule has 1 aromatic rings. The molecule has 5 heteroatoms. The molecular weight excluding hydrogens is 252 g/mol. The van der Waals surface area contributed by atoms with Crippen molar-refractivity contribution in [2.75, 3.05) is 12.8 Å². The Morgan fingerprint density at radius 2 is 1.94 bits per heavy atom. The lowest BCUT2D eigenvalue weighted by molar-refractivity contribution is 0.0954. The van der Waals surface area contributed by atoms with E-state index in [0.717, 1.165) is 5.56 Å². The topological polar surface area (TPSA) is 55.1 Å². The maximum atomic E-state index is 11.8. The van der Waals surface area contributed by atoms with Crippen LogP contribution in [0.1, 0.15) is 22.8 Å². The highest BCUT2D eigenvalue weighted by atomic mass is 32.2. The van der Waals surface area contributed by atoms with Crippen LogP contribution in [0.4, 0.5) is 0 Å². The van der Waals surface area contributed by atoms with E-state index < -0.39 is 0 Å². The molecule has 3 N–H and O–H groups in total. The highest BCUT2D eigenvalue weighted by Gasteiger charge is 2.07. The number of carbonyl (C=O) groups is 1. The van der Waals surface area contributed by atoms with Gasteiger partial charge in [0.2, 0.25) is 0 Å². The Morgan fingerprint density at radius 3 is 2.41 bits per heavy atom. The molecule has 0 saturated carbocycles. The number of hydrogen-bond donors (Lipinski definition) is 2. The predicted octanol–water partition coefficient (Wildman–Crippen LogP) is 1.80. The first-order valence-corrected chi connectivity index (χ1v) is 6.95. The van der Waals surface area contributed by atoms with Crippen LogP contribution in [-0.2, 0) is 0 Å². The number of thioether (sulfide) groups is 1. The second-order valence-electron chi connectivity index (χ2n) is 3.70. The van der Waals surface area contributed by atoms with Crippen LogP contribution in [0.2, 0.25) is 0 Å². The number of thiocarbonyl (C=S) groups is 1. The second kappa shape index (κ2) is 6.61. The van der Waals surface area contributed by atoms with E-state index >= 15 is 0 Å². The number of benzene rings is 1. The van der Waals surface area contributed by atoms with Crippen molar-refractivity contribution in [3.8, 4) is 0 Å². The molecule has 0 saturated heterocycles. The van der Waals surface area contributed by atoms with Crippen LogP contribution < -0.4 is 11.1 Å². The van der Waals surface area contributed by atoms with Gasteiger partial charge in [0.25, 0.3) is 5.91 Å². The quantitative estimate of drug-likeness (QED) is 0.800. The van der Waals surface area contributed by atoms with Gasteiger partial charge >= 0.3 is 0 Å². The molecule has 0 heterocycles. The maximum Gasteiger partial charge on any atom is 0.251 e. The zero-order valence-corrected chi connectivity index (χ0v) is 11.5. The molecule has 0 radical (unpaired) electrons. The Bertz CT molecular complexity index is 403. The Hall–Kier alpha value is -1.07. The molecule has 17 heavy (non-hydrogen) atoms. The van der Waals surface area contributed by atoms with Crippen molar-refractivity contribution in [2.45, 2.75) is 12.2 Å². The SMILES string of the molecule is CSC(C)CNC(=O)c1ccc(C(N)=S)cc1. The maximum absolute atomic E-state index is 11.8. The normalized spacial score (nSPS) is 11.9. The summed E-state index contributed by atoms with van der Waals surface area (Å²) < 4.78 is 0. The summed E-state index contributed by atoms with van der Waals surface area (Å²) in [7, 11) is 0. The highest BCUT2D eigenvalue weighted by Crippen LogP contribution is 2.06. The fourth-order valence-electron chi connectivity index (χ4n) is 1.21. The van der Waals surface area contributed by atoms with Crippen LogP contribution in [0.3, 0.4) is 0 Å². The van der Waals surface area contributed by atoms with Crippen LogP contribution in [0.5, 0.6) is 0 Å². The zero-order chi connectivity index (χ0) is 12.8. The molecular formula is C12H16N2OS2. The smallest absolute Gasteiger partial charge is 0.251 e. The summed E-state index contributed by atoms with van der Waals surface area (Å²) in [5.74, 6) is -0.0691. The summed E-state index contributed by atoms with van der Waals surface area (Å²) >= 11 is 6.57. The number of rotatable bonds is 5. The van der Waals surface area contributed by atoms with Crippen LogP contribution in [-0.4, -0.2) is 28.9 Å². The molecule has 0 spiro atoms. The van der Waals surface area contributed by atoms with Crippen molar-refractivity contribution in [1.29, 1.82) is 0 Å². The molecule has 92 valence electrons. The van der Waals surface area contributed by atoms with E-state index in [0.29, 0.717) is 22.3 Å². The summed E-state index contributed by atoms with van der Waals surface area (Å²) in [6.45, 7) is 2.73.